The van der Waals surface area contributed by atoms with E-state index in [-0.39, 0.29) is 19.1 Å². The summed E-state index contributed by atoms with van der Waals surface area (Å²) in [5, 5.41) is 2.49. The molecule has 1 fully saturated rings. The zero-order valence-corrected chi connectivity index (χ0v) is 17.7. The first-order valence-corrected chi connectivity index (χ1v) is 10.5. The highest BCUT2D eigenvalue weighted by molar-refractivity contribution is 5.98. The normalized spacial score (nSPS) is 14.0. The summed E-state index contributed by atoms with van der Waals surface area (Å²) in [6.45, 7) is 0.701. The van der Waals surface area contributed by atoms with Gasteiger partial charge in [-0.3, -0.25) is 14.4 Å². The molecule has 1 N–H and O–H groups in total. The number of nitrogens with zero attached hydrogens (tertiary/aromatic N) is 1. The molecule has 0 radical (unpaired) electrons. The summed E-state index contributed by atoms with van der Waals surface area (Å²) in [7, 11) is 1.47. The van der Waals surface area contributed by atoms with Gasteiger partial charge in [0.05, 0.1) is 12.7 Å². The van der Waals surface area contributed by atoms with Crippen LogP contribution in [0.5, 0.6) is 5.75 Å². The SMILES string of the molecule is COc1ccccc1C(=O)NCC(=O)OCC(=O)N1CCC(Cc2ccccc2)CC1. The average Bonchev–Trinajstić information content (AvgIpc) is 2.82. The van der Waals surface area contributed by atoms with Gasteiger partial charge in [0, 0.05) is 13.1 Å². The number of benzene rings is 2. The highest BCUT2D eigenvalue weighted by atomic mass is 16.5. The number of para-hydroxylation sites is 1. The zero-order chi connectivity index (χ0) is 22.1. The lowest BCUT2D eigenvalue weighted by molar-refractivity contribution is -0.151. The Hall–Kier alpha value is -3.35. The Morgan fingerprint density at radius 1 is 1.00 bits per heavy atom. The van der Waals surface area contributed by atoms with Crippen LogP contribution in [0.15, 0.2) is 54.6 Å². The van der Waals surface area contributed by atoms with Crippen LogP contribution in [0.2, 0.25) is 0 Å². The lowest BCUT2D eigenvalue weighted by Crippen LogP contribution is -2.41. The number of ether oxygens (including phenoxy) is 2. The number of likely N-dealkylation sites (tertiary alicyclic amines) is 1. The Labute approximate surface area is 182 Å². The Balaban J connectivity index is 1.36. The van der Waals surface area contributed by atoms with Crippen LogP contribution in [-0.4, -0.2) is 56.0 Å². The monoisotopic (exact) mass is 424 g/mol. The summed E-state index contributed by atoms with van der Waals surface area (Å²) >= 11 is 0. The van der Waals surface area contributed by atoms with Crippen molar-refractivity contribution in [3.8, 4) is 5.75 Å². The molecule has 7 heteroatoms. The van der Waals surface area contributed by atoms with E-state index in [9.17, 15) is 14.4 Å². The van der Waals surface area contributed by atoms with Gasteiger partial charge in [0.1, 0.15) is 12.3 Å². The van der Waals surface area contributed by atoms with Crippen molar-refractivity contribution < 1.29 is 23.9 Å². The minimum Gasteiger partial charge on any atom is -0.496 e. The molecule has 1 heterocycles. The summed E-state index contributed by atoms with van der Waals surface area (Å²) in [6.07, 6.45) is 2.89. The fraction of sp³-hybridized carbons (Fsp3) is 0.375. The standard InChI is InChI=1S/C24H28N2O5/c1-30-21-10-6-5-9-20(21)24(29)25-16-23(28)31-17-22(27)26-13-11-19(12-14-26)15-18-7-3-2-4-8-18/h2-10,19H,11-17H2,1H3,(H,25,29). The van der Waals surface area contributed by atoms with E-state index in [1.807, 2.05) is 18.2 Å². The molecule has 164 valence electrons. The van der Waals surface area contributed by atoms with Crippen LogP contribution in [0.4, 0.5) is 0 Å². The summed E-state index contributed by atoms with van der Waals surface area (Å²) < 4.78 is 10.2. The second kappa shape index (κ2) is 11.2. The number of hydrogen-bond donors (Lipinski definition) is 1. The van der Waals surface area contributed by atoms with E-state index in [0.717, 1.165) is 19.3 Å². The molecule has 2 amide bonds. The molecule has 1 aliphatic heterocycles. The highest BCUT2D eigenvalue weighted by Gasteiger charge is 2.23. The third-order valence-corrected chi connectivity index (χ3v) is 5.44. The molecule has 2 aromatic rings. The second-order valence-corrected chi connectivity index (χ2v) is 7.56. The van der Waals surface area contributed by atoms with Gasteiger partial charge in [0.2, 0.25) is 0 Å². The molecule has 0 spiro atoms. The summed E-state index contributed by atoms with van der Waals surface area (Å²) in [5.74, 6) is -0.335. The molecule has 0 saturated carbocycles. The predicted octanol–water partition coefficient (Wildman–Crippen LogP) is 2.45. The zero-order valence-electron chi connectivity index (χ0n) is 17.7. The largest absolute Gasteiger partial charge is 0.496 e. The fourth-order valence-electron chi connectivity index (χ4n) is 3.70. The predicted molar refractivity (Wildman–Crippen MR) is 116 cm³/mol. The fourth-order valence-corrected chi connectivity index (χ4v) is 3.70. The molecular weight excluding hydrogens is 396 g/mol. The average molecular weight is 424 g/mol. The molecule has 7 nitrogen and oxygen atoms in total. The third kappa shape index (κ3) is 6.57. The topological polar surface area (TPSA) is 84.9 Å². The van der Waals surface area contributed by atoms with Crippen molar-refractivity contribution >= 4 is 17.8 Å². The molecule has 0 aromatic heterocycles. The first-order valence-electron chi connectivity index (χ1n) is 10.5. The van der Waals surface area contributed by atoms with E-state index in [0.29, 0.717) is 30.3 Å². The maximum atomic E-state index is 12.4. The van der Waals surface area contributed by atoms with Crippen LogP contribution < -0.4 is 10.1 Å². The maximum absolute atomic E-state index is 12.4. The molecule has 0 bridgehead atoms. The van der Waals surface area contributed by atoms with Gasteiger partial charge in [0.25, 0.3) is 11.8 Å². The molecule has 1 saturated heterocycles. The van der Waals surface area contributed by atoms with Crippen molar-refractivity contribution in [2.24, 2.45) is 5.92 Å². The molecule has 3 rings (SSSR count). The minimum absolute atomic E-state index is 0.206. The molecular formula is C24H28N2O5. The number of carbonyl (C=O) groups excluding carboxylic acids is 3. The number of rotatable bonds is 8. The van der Waals surface area contributed by atoms with Gasteiger partial charge in [-0.2, -0.15) is 0 Å². The van der Waals surface area contributed by atoms with Gasteiger partial charge < -0.3 is 19.7 Å². The Kier molecular flexibility index (Phi) is 8.04. The Morgan fingerprint density at radius 2 is 1.68 bits per heavy atom. The molecule has 1 aliphatic rings. The summed E-state index contributed by atoms with van der Waals surface area (Å²) in [4.78, 5) is 38.2. The van der Waals surface area contributed by atoms with E-state index < -0.39 is 11.9 Å². The van der Waals surface area contributed by atoms with Gasteiger partial charge in [-0.1, -0.05) is 42.5 Å². The number of carbonyl (C=O) groups is 3. The third-order valence-electron chi connectivity index (χ3n) is 5.44. The van der Waals surface area contributed by atoms with Crippen molar-refractivity contribution in [2.75, 3.05) is 33.4 Å². The molecule has 0 atom stereocenters. The highest BCUT2D eigenvalue weighted by Crippen LogP contribution is 2.21. The van der Waals surface area contributed by atoms with Gasteiger partial charge >= 0.3 is 5.97 Å². The number of hydrogen-bond acceptors (Lipinski definition) is 5. The number of nitrogens with one attached hydrogen (secondary N) is 1. The lowest BCUT2D eigenvalue weighted by atomic mass is 9.90. The summed E-state index contributed by atoms with van der Waals surface area (Å²) in [6, 6.07) is 17.1. The first-order chi connectivity index (χ1) is 15.1. The van der Waals surface area contributed by atoms with Crippen LogP contribution in [-0.2, 0) is 20.7 Å². The Morgan fingerprint density at radius 3 is 2.39 bits per heavy atom. The van der Waals surface area contributed by atoms with Gasteiger partial charge in [0.15, 0.2) is 6.61 Å². The first kappa shape index (κ1) is 22.3. The van der Waals surface area contributed by atoms with Crippen molar-refractivity contribution in [1.82, 2.24) is 10.2 Å². The smallest absolute Gasteiger partial charge is 0.325 e. The lowest BCUT2D eigenvalue weighted by Gasteiger charge is -2.32. The van der Waals surface area contributed by atoms with Crippen molar-refractivity contribution in [2.45, 2.75) is 19.3 Å². The van der Waals surface area contributed by atoms with Crippen molar-refractivity contribution in [3.63, 3.8) is 0 Å². The van der Waals surface area contributed by atoms with Crippen LogP contribution in [0.3, 0.4) is 0 Å². The Bertz CT molecular complexity index is 892. The van der Waals surface area contributed by atoms with Crippen LogP contribution >= 0.6 is 0 Å². The van der Waals surface area contributed by atoms with E-state index in [4.69, 9.17) is 9.47 Å². The minimum atomic E-state index is -0.657. The van der Waals surface area contributed by atoms with Crippen LogP contribution in [0.25, 0.3) is 0 Å². The molecule has 2 aromatic carbocycles. The number of amides is 2. The van der Waals surface area contributed by atoms with Crippen LogP contribution in [0, 0.1) is 5.92 Å². The molecule has 0 aliphatic carbocycles. The van der Waals surface area contributed by atoms with Crippen molar-refractivity contribution in [1.29, 1.82) is 0 Å². The van der Waals surface area contributed by atoms with Gasteiger partial charge in [-0.05, 0) is 42.9 Å². The number of esters is 1. The molecule has 0 unspecified atom stereocenters. The quantitative estimate of drug-likeness (QED) is 0.658. The molecule has 31 heavy (non-hydrogen) atoms. The van der Waals surface area contributed by atoms with E-state index in [1.165, 1.54) is 12.7 Å². The maximum Gasteiger partial charge on any atom is 0.325 e. The number of piperidine rings is 1. The summed E-state index contributed by atoms with van der Waals surface area (Å²) in [5.41, 5.74) is 1.64. The van der Waals surface area contributed by atoms with Gasteiger partial charge in [-0.25, -0.2) is 0 Å². The van der Waals surface area contributed by atoms with E-state index in [1.54, 1.807) is 29.2 Å². The van der Waals surface area contributed by atoms with Crippen LogP contribution in [0.1, 0.15) is 28.8 Å². The number of methoxy groups -OCH3 is 1. The van der Waals surface area contributed by atoms with E-state index in [2.05, 4.69) is 17.4 Å². The van der Waals surface area contributed by atoms with Crippen molar-refractivity contribution in [3.05, 3.63) is 65.7 Å². The second-order valence-electron chi connectivity index (χ2n) is 7.56. The van der Waals surface area contributed by atoms with E-state index >= 15 is 0 Å². The van der Waals surface area contributed by atoms with Gasteiger partial charge in [-0.15, -0.1) is 0 Å².